The Morgan fingerprint density at radius 2 is 1.80 bits per heavy atom. The average Bonchev–Trinajstić information content (AvgIpc) is 2.43. The standard InChI is InChI=1S/C16H21BrF2O/c1-2-3-11-4-6-12(7-5-11)10-20-15-9-13(17)8-14(18)16(15)19/h8-9,11-12H,2-7,10H2,1H3. The Morgan fingerprint density at radius 1 is 1.15 bits per heavy atom. The molecule has 0 N–H and O–H groups in total. The molecule has 0 bridgehead atoms. The van der Waals surface area contributed by atoms with Crippen LogP contribution in [-0.4, -0.2) is 6.61 Å². The van der Waals surface area contributed by atoms with Crippen molar-refractivity contribution in [2.75, 3.05) is 6.61 Å². The molecule has 0 unspecified atom stereocenters. The molecule has 1 aliphatic rings. The maximum absolute atomic E-state index is 13.6. The zero-order valence-electron chi connectivity index (χ0n) is 11.8. The van der Waals surface area contributed by atoms with Gasteiger partial charge in [0, 0.05) is 4.47 Å². The average molecular weight is 347 g/mol. The van der Waals surface area contributed by atoms with Gasteiger partial charge in [-0.15, -0.1) is 0 Å². The van der Waals surface area contributed by atoms with Crippen LogP contribution in [0.15, 0.2) is 16.6 Å². The van der Waals surface area contributed by atoms with Gasteiger partial charge in [0.2, 0.25) is 5.82 Å². The summed E-state index contributed by atoms with van der Waals surface area (Å²) in [6.07, 6.45) is 7.27. The second-order valence-corrected chi connectivity index (χ2v) is 6.60. The molecule has 1 aromatic carbocycles. The molecule has 20 heavy (non-hydrogen) atoms. The first-order valence-electron chi connectivity index (χ1n) is 7.37. The largest absolute Gasteiger partial charge is 0.490 e. The molecule has 4 heteroatoms. The van der Waals surface area contributed by atoms with Crippen molar-refractivity contribution in [3.05, 3.63) is 28.2 Å². The van der Waals surface area contributed by atoms with Gasteiger partial charge in [-0.2, -0.15) is 4.39 Å². The van der Waals surface area contributed by atoms with Crippen LogP contribution in [0.5, 0.6) is 5.75 Å². The van der Waals surface area contributed by atoms with Crippen LogP contribution in [0.25, 0.3) is 0 Å². The minimum absolute atomic E-state index is 0.00700. The zero-order valence-corrected chi connectivity index (χ0v) is 13.4. The summed E-state index contributed by atoms with van der Waals surface area (Å²) >= 11 is 3.15. The first-order valence-corrected chi connectivity index (χ1v) is 8.16. The van der Waals surface area contributed by atoms with E-state index in [2.05, 4.69) is 22.9 Å². The fourth-order valence-corrected chi connectivity index (χ4v) is 3.35. The van der Waals surface area contributed by atoms with Gasteiger partial charge in [0.15, 0.2) is 11.6 Å². The zero-order chi connectivity index (χ0) is 14.5. The molecular formula is C16H21BrF2O. The number of rotatable bonds is 5. The highest BCUT2D eigenvalue weighted by Gasteiger charge is 2.21. The van der Waals surface area contributed by atoms with Crippen LogP contribution in [0, 0.1) is 23.5 Å². The summed E-state index contributed by atoms with van der Waals surface area (Å²) in [4.78, 5) is 0. The number of hydrogen-bond acceptors (Lipinski definition) is 1. The van der Waals surface area contributed by atoms with E-state index in [4.69, 9.17) is 4.74 Å². The fraction of sp³-hybridized carbons (Fsp3) is 0.625. The van der Waals surface area contributed by atoms with Crippen molar-refractivity contribution in [2.45, 2.75) is 45.4 Å². The van der Waals surface area contributed by atoms with Crippen molar-refractivity contribution in [2.24, 2.45) is 11.8 Å². The highest BCUT2D eigenvalue weighted by Crippen LogP contribution is 2.32. The van der Waals surface area contributed by atoms with Gasteiger partial charge in [0.25, 0.3) is 0 Å². The van der Waals surface area contributed by atoms with E-state index in [1.807, 2.05) is 0 Å². The molecule has 0 amide bonds. The molecule has 2 rings (SSSR count). The Hall–Kier alpha value is -0.640. The Kier molecular flexibility index (Phi) is 5.82. The quantitative estimate of drug-likeness (QED) is 0.620. The molecule has 1 fully saturated rings. The van der Waals surface area contributed by atoms with Gasteiger partial charge in [-0.1, -0.05) is 48.5 Å². The second-order valence-electron chi connectivity index (χ2n) is 5.69. The molecule has 0 aliphatic heterocycles. The summed E-state index contributed by atoms with van der Waals surface area (Å²) in [5.74, 6) is -0.456. The minimum Gasteiger partial charge on any atom is -0.490 e. The number of halogens is 3. The highest BCUT2D eigenvalue weighted by atomic mass is 79.9. The molecule has 0 spiro atoms. The van der Waals surface area contributed by atoms with Crippen molar-refractivity contribution in [1.82, 2.24) is 0 Å². The van der Waals surface area contributed by atoms with Crippen LogP contribution in [0.1, 0.15) is 45.4 Å². The lowest BCUT2D eigenvalue weighted by Crippen LogP contribution is -2.20. The van der Waals surface area contributed by atoms with Gasteiger partial charge in [-0.05, 0) is 36.8 Å². The molecule has 1 saturated carbocycles. The van der Waals surface area contributed by atoms with Gasteiger partial charge in [0.05, 0.1) is 6.61 Å². The van der Waals surface area contributed by atoms with Crippen molar-refractivity contribution >= 4 is 15.9 Å². The predicted octanol–water partition coefficient (Wildman–Crippen LogP) is 5.71. The third kappa shape index (κ3) is 4.18. The highest BCUT2D eigenvalue weighted by molar-refractivity contribution is 9.10. The van der Waals surface area contributed by atoms with Gasteiger partial charge in [-0.25, -0.2) is 4.39 Å². The van der Waals surface area contributed by atoms with E-state index in [1.165, 1.54) is 31.7 Å². The summed E-state index contributed by atoms with van der Waals surface area (Å²) in [7, 11) is 0. The molecule has 1 aliphatic carbocycles. The molecular weight excluding hydrogens is 326 g/mol. The second kappa shape index (κ2) is 7.39. The van der Waals surface area contributed by atoms with E-state index in [1.54, 1.807) is 0 Å². The SMILES string of the molecule is CCCC1CCC(COc2cc(Br)cc(F)c2F)CC1. The minimum atomic E-state index is -0.895. The maximum Gasteiger partial charge on any atom is 0.200 e. The lowest BCUT2D eigenvalue weighted by Gasteiger charge is -2.28. The van der Waals surface area contributed by atoms with Crippen molar-refractivity contribution in [3.63, 3.8) is 0 Å². The lowest BCUT2D eigenvalue weighted by molar-refractivity contribution is 0.173. The first kappa shape index (κ1) is 15.7. The summed E-state index contributed by atoms with van der Waals surface area (Å²) in [5, 5.41) is 0. The van der Waals surface area contributed by atoms with Crippen molar-refractivity contribution in [1.29, 1.82) is 0 Å². The third-order valence-corrected chi connectivity index (χ3v) is 4.56. The van der Waals surface area contributed by atoms with Crippen molar-refractivity contribution < 1.29 is 13.5 Å². The van der Waals surface area contributed by atoms with Gasteiger partial charge in [-0.3, -0.25) is 0 Å². The summed E-state index contributed by atoms with van der Waals surface area (Å²) in [6.45, 7) is 2.70. The Bertz CT molecular complexity index is 442. The van der Waals surface area contributed by atoms with E-state index in [-0.39, 0.29) is 5.75 Å². The van der Waals surface area contributed by atoms with E-state index in [9.17, 15) is 8.78 Å². The summed E-state index contributed by atoms with van der Waals surface area (Å²) < 4.78 is 32.8. The van der Waals surface area contributed by atoms with Crippen LogP contribution >= 0.6 is 15.9 Å². The summed E-state index contributed by atoms with van der Waals surface area (Å²) in [6, 6.07) is 2.60. The summed E-state index contributed by atoms with van der Waals surface area (Å²) in [5.41, 5.74) is 0. The molecule has 1 nitrogen and oxygen atoms in total. The van der Waals surface area contributed by atoms with Gasteiger partial charge in [0.1, 0.15) is 0 Å². The monoisotopic (exact) mass is 346 g/mol. The van der Waals surface area contributed by atoms with Crippen LogP contribution in [0.2, 0.25) is 0 Å². The van der Waals surface area contributed by atoms with Crippen LogP contribution in [0.3, 0.4) is 0 Å². The molecule has 0 atom stereocenters. The predicted molar refractivity (Wildman–Crippen MR) is 79.9 cm³/mol. The topological polar surface area (TPSA) is 9.23 Å². The van der Waals surface area contributed by atoms with Crippen LogP contribution in [-0.2, 0) is 0 Å². The fourth-order valence-electron chi connectivity index (χ4n) is 2.94. The third-order valence-electron chi connectivity index (χ3n) is 4.10. The smallest absolute Gasteiger partial charge is 0.200 e. The van der Waals surface area contributed by atoms with E-state index < -0.39 is 11.6 Å². The number of hydrogen-bond donors (Lipinski definition) is 0. The van der Waals surface area contributed by atoms with Crippen LogP contribution < -0.4 is 4.74 Å². The van der Waals surface area contributed by atoms with E-state index in [0.29, 0.717) is 17.0 Å². The van der Waals surface area contributed by atoms with E-state index >= 15 is 0 Å². The van der Waals surface area contributed by atoms with Gasteiger partial charge >= 0.3 is 0 Å². The van der Waals surface area contributed by atoms with Crippen LogP contribution in [0.4, 0.5) is 8.78 Å². The molecule has 112 valence electrons. The Balaban J connectivity index is 1.85. The van der Waals surface area contributed by atoms with Crippen molar-refractivity contribution in [3.8, 4) is 5.75 Å². The van der Waals surface area contributed by atoms with Gasteiger partial charge < -0.3 is 4.74 Å². The molecule has 0 aromatic heterocycles. The Labute approximate surface area is 127 Å². The Morgan fingerprint density at radius 3 is 2.45 bits per heavy atom. The number of ether oxygens (including phenoxy) is 1. The molecule has 0 saturated heterocycles. The normalized spacial score (nSPS) is 22.8. The lowest BCUT2D eigenvalue weighted by atomic mass is 9.80. The molecule has 0 radical (unpaired) electrons. The van der Waals surface area contributed by atoms with E-state index in [0.717, 1.165) is 24.8 Å². The molecule has 0 heterocycles. The molecule has 1 aromatic rings. The maximum atomic E-state index is 13.6. The number of benzene rings is 1. The first-order chi connectivity index (χ1) is 9.60.